The van der Waals surface area contributed by atoms with Crippen molar-refractivity contribution in [3.8, 4) is 0 Å². The minimum atomic E-state index is -1.72. The first-order valence-electron chi connectivity index (χ1n) is 9.94. The number of hydrogen-bond donors (Lipinski definition) is 1. The van der Waals surface area contributed by atoms with Gasteiger partial charge in [0.25, 0.3) is 5.79 Å². The zero-order valence-corrected chi connectivity index (χ0v) is 17.2. The van der Waals surface area contributed by atoms with E-state index in [2.05, 4.69) is 0 Å². The van der Waals surface area contributed by atoms with E-state index < -0.39 is 11.8 Å². The fourth-order valence-corrected chi connectivity index (χ4v) is 4.01. The van der Waals surface area contributed by atoms with Crippen molar-refractivity contribution in [3.63, 3.8) is 0 Å². The molecular formula is C25H23ClO4. The lowest BCUT2D eigenvalue weighted by Crippen LogP contribution is -2.55. The molecule has 0 bridgehead atoms. The van der Waals surface area contributed by atoms with Crippen LogP contribution in [0.4, 0.5) is 0 Å². The van der Waals surface area contributed by atoms with Gasteiger partial charge in [-0.2, -0.15) is 0 Å². The van der Waals surface area contributed by atoms with Gasteiger partial charge in [0.2, 0.25) is 0 Å². The Morgan fingerprint density at radius 1 is 0.933 bits per heavy atom. The molecule has 4 rings (SSSR count). The van der Waals surface area contributed by atoms with Crippen LogP contribution in [0, 0.1) is 0 Å². The van der Waals surface area contributed by atoms with E-state index in [1.54, 1.807) is 0 Å². The number of benzene rings is 3. The monoisotopic (exact) mass is 422 g/mol. The van der Waals surface area contributed by atoms with Gasteiger partial charge in [0.15, 0.2) is 0 Å². The molecule has 1 fully saturated rings. The summed E-state index contributed by atoms with van der Waals surface area (Å²) in [5, 5.41) is 10.7. The van der Waals surface area contributed by atoms with E-state index in [1.807, 2.05) is 84.9 Å². The fourth-order valence-electron chi connectivity index (χ4n) is 3.89. The fraction of sp³-hybridized carbons (Fsp3) is 0.240. The van der Waals surface area contributed by atoms with Crippen LogP contribution in [-0.4, -0.2) is 29.6 Å². The molecule has 3 aromatic rings. The zero-order valence-electron chi connectivity index (χ0n) is 16.4. The first-order valence-corrected chi connectivity index (χ1v) is 10.3. The molecule has 1 aliphatic heterocycles. The van der Waals surface area contributed by atoms with E-state index in [0.29, 0.717) is 11.4 Å². The molecule has 3 atom stereocenters. The molecule has 5 heteroatoms. The van der Waals surface area contributed by atoms with Crippen molar-refractivity contribution in [2.75, 3.05) is 6.61 Å². The van der Waals surface area contributed by atoms with Gasteiger partial charge in [0, 0.05) is 17.4 Å². The van der Waals surface area contributed by atoms with Crippen LogP contribution in [0.3, 0.4) is 0 Å². The van der Waals surface area contributed by atoms with Crippen LogP contribution in [0.5, 0.6) is 0 Å². The number of carbonyl (C=O) groups is 1. The highest BCUT2D eigenvalue weighted by Crippen LogP contribution is 2.37. The lowest BCUT2D eigenvalue weighted by atomic mass is 9.88. The van der Waals surface area contributed by atoms with Gasteiger partial charge in [-0.05, 0) is 35.2 Å². The van der Waals surface area contributed by atoms with Gasteiger partial charge in [-0.3, -0.25) is 0 Å². The Labute approximate surface area is 181 Å². The summed E-state index contributed by atoms with van der Waals surface area (Å²) in [7, 11) is 0. The van der Waals surface area contributed by atoms with Gasteiger partial charge in [-0.25, -0.2) is 4.79 Å². The highest BCUT2D eigenvalue weighted by molar-refractivity contribution is 6.30. The highest BCUT2D eigenvalue weighted by atomic mass is 35.5. The summed E-state index contributed by atoms with van der Waals surface area (Å²) in [6.45, 7) is 0.248. The van der Waals surface area contributed by atoms with Crippen LogP contribution < -0.4 is 0 Å². The molecule has 1 heterocycles. The summed E-state index contributed by atoms with van der Waals surface area (Å²) in [5.74, 6) is -2.94. The Balaban J connectivity index is 1.66. The molecule has 30 heavy (non-hydrogen) atoms. The van der Waals surface area contributed by atoms with Crippen molar-refractivity contribution in [3.05, 3.63) is 107 Å². The average molecular weight is 423 g/mol. The van der Waals surface area contributed by atoms with Crippen LogP contribution in [0.15, 0.2) is 84.9 Å². The molecule has 0 aliphatic carbocycles. The highest BCUT2D eigenvalue weighted by Gasteiger charge is 2.49. The molecule has 0 saturated carbocycles. The molecule has 1 N–H and O–H groups in total. The quantitative estimate of drug-likeness (QED) is 0.600. The summed E-state index contributed by atoms with van der Waals surface area (Å²) in [6.07, 6.45) is 0.366. The summed E-state index contributed by atoms with van der Waals surface area (Å²) in [6, 6.07) is 26.9. The van der Waals surface area contributed by atoms with Crippen LogP contribution in [0.2, 0.25) is 5.02 Å². The lowest BCUT2D eigenvalue weighted by molar-refractivity contribution is -0.292. The molecule has 154 valence electrons. The molecule has 4 nitrogen and oxygen atoms in total. The summed E-state index contributed by atoms with van der Waals surface area (Å²) >= 11 is 6.05. The number of carboxylic acids is 1. The zero-order chi connectivity index (χ0) is 21.0. The van der Waals surface area contributed by atoms with E-state index in [9.17, 15) is 9.90 Å². The second-order valence-electron chi connectivity index (χ2n) is 7.54. The van der Waals surface area contributed by atoms with Crippen molar-refractivity contribution in [2.45, 2.75) is 30.7 Å². The topological polar surface area (TPSA) is 55.8 Å². The SMILES string of the molecule is O=C(O)C1(Cc2ccccc2)OCC(c2ccc(Cl)cc2)C(Cc2ccccc2)O1. The second-order valence-corrected chi connectivity index (χ2v) is 7.97. The molecule has 0 radical (unpaired) electrons. The van der Waals surface area contributed by atoms with Crippen molar-refractivity contribution in [1.82, 2.24) is 0 Å². The average Bonchev–Trinajstić information content (AvgIpc) is 2.76. The van der Waals surface area contributed by atoms with Gasteiger partial charge in [0.1, 0.15) is 0 Å². The molecule has 3 unspecified atom stereocenters. The third-order valence-electron chi connectivity index (χ3n) is 5.47. The summed E-state index contributed by atoms with van der Waals surface area (Å²) < 4.78 is 12.2. The van der Waals surface area contributed by atoms with Crippen molar-refractivity contribution < 1.29 is 19.4 Å². The molecule has 0 aromatic heterocycles. The largest absolute Gasteiger partial charge is 0.477 e. The number of carboxylic acid groups (broad SMARTS) is 1. The van der Waals surface area contributed by atoms with Gasteiger partial charge in [0.05, 0.1) is 12.7 Å². The van der Waals surface area contributed by atoms with Crippen LogP contribution in [-0.2, 0) is 27.1 Å². The van der Waals surface area contributed by atoms with Crippen molar-refractivity contribution >= 4 is 17.6 Å². The number of ether oxygens (including phenoxy) is 2. The van der Waals surface area contributed by atoms with E-state index >= 15 is 0 Å². The van der Waals surface area contributed by atoms with Crippen LogP contribution >= 0.6 is 11.6 Å². The Morgan fingerprint density at radius 3 is 2.13 bits per heavy atom. The first-order chi connectivity index (χ1) is 14.6. The smallest absolute Gasteiger partial charge is 0.364 e. The Hall–Kier alpha value is -2.66. The minimum Gasteiger partial charge on any atom is -0.477 e. The van der Waals surface area contributed by atoms with E-state index in [0.717, 1.165) is 16.7 Å². The Morgan fingerprint density at radius 2 is 1.53 bits per heavy atom. The molecule has 1 aliphatic rings. The molecule has 1 saturated heterocycles. The predicted molar refractivity (Wildman–Crippen MR) is 116 cm³/mol. The third-order valence-corrected chi connectivity index (χ3v) is 5.72. The Kier molecular flexibility index (Phi) is 6.18. The minimum absolute atomic E-state index is 0.106. The number of rotatable bonds is 6. The van der Waals surface area contributed by atoms with Crippen molar-refractivity contribution in [1.29, 1.82) is 0 Å². The lowest BCUT2D eigenvalue weighted by Gasteiger charge is -2.42. The number of aliphatic carboxylic acids is 1. The normalized spacial score (nSPS) is 23.8. The van der Waals surface area contributed by atoms with Crippen LogP contribution in [0.1, 0.15) is 22.6 Å². The van der Waals surface area contributed by atoms with E-state index in [1.165, 1.54) is 0 Å². The maximum Gasteiger partial charge on any atom is 0.364 e. The maximum atomic E-state index is 12.3. The van der Waals surface area contributed by atoms with Crippen LogP contribution in [0.25, 0.3) is 0 Å². The molecule has 0 amide bonds. The van der Waals surface area contributed by atoms with Gasteiger partial charge in [-0.1, -0.05) is 84.4 Å². The second kappa shape index (κ2) is 9.00. The van der Waals surface area contributed by atoms with Crippen molar-refractivity contribution in [2.24, 2.45) is 0 Å². The first kappa shape index (κ1) is 20.6. The standard InChI is InChI=1S/C25H23ClO4/c26-21-13-11-20(12-14-21)22-17-29-25(24(27)28,16-19-9-5-2-6-10-19)30-23(22)15-18-7-3-1-4-8-18/h1-14,22-23H,15-17H2,(H,27,28). The van der Waals surface area contributed by atoms with Gasteiger partial charge in [-0.15, -0.1) is 0 Å². The predicted octanol–water partition coefficient (Wildman–Crippen LogP) is 5.11. The Bertz CT molecular complexity index is 975. The third kappa shape index (κ3) is 4.57. The summed E-state index contributed by atoms with van der Waals surface area (Å²) in [5.41, 5.74) is 2.95. The number of halogens is 1. The van der Waals surface area contributed by atoms with Gasteiger partial charge < -0.3 is 14.6 Å². The van der Waals surface area contributed by atoms with E-state index in [-0.39, 0.29) is 25.0 Å². The van der Waals surface area contributed by atoms with E-state index in [4.69, 9.17) is 21.1 Å². The molecular weight excluding hydrogens is 400 g/mol. The van der Waals surface area contributed by atoms with Gasteiger partial charge >= 0.3 is 5.97 Å². The summed E-state index contributed by atoms with van der Waals surface area (Å²) in [4.78, 5) is 12.3. The molecule has 0 spiro atoms. The maximum absolute atomic E-state index is 12.3. The number of hydrogen-bond acceptors (Lipinski definition) is 3. The molecule has 3 aromatic carbocycles.